The summed E-state index contributed by atoms with van der Waals surface area (Å²) in [6.07, 6.45) is 5.20. The lowest BCUT2D eigenvalue weighted by atomic mass is 9.96. The van der Waals surface area contributed by atoms with Crippen molar-refractivity contribution in [3.05, 3.63) is 34.9 Å². The largest absolute Gasteiger partial charge is 0.373 e. The number of ether oxygens (including phenoxy) is 1. The molecule has 0 saturated carbocycles. The highest BCUT2D eigenvalue weighted by Gasteiger charge is 2.28. The summed E-state index contributed by atoms with van der Waals surface area (Å²) in [5, 5.41) is 3.46. The van der Waals surface area contributed by atoms with Crippen molar-refractivity contribution >= 4 is 5.91 Å². The Labute approximate surface area is 156 Å². The van der Waals surface area contributed by atoms with Gasteiger partial charge in [0.25, 0.3) is 0 Å². The third-order valence-electron chi connectivity index (χ3n) is 6.10. The molecule has 142 valence electrons. The van der Waals surface area contributed by atoms with Gasteiger partial charge in [0.2, 0.25) is 5.91 Å². The number of carbonyl (C=O) groups is 1. The highest BCUT2D eigenvalue weighted by atomic mass is 16.5. The van der Waals surface area contributed by atoms with Crippen molar-refractivity contribution in [2.24, 2.45) is 0 Å². The van der Waals surface area contributed by atoms with Gasteiger partial charge < -0.3 is 15.0 Å². The summed E-state index contributed by atoms with van der Waals surface area (Å²) in [4.78, 5) is 15.8. The predicted molar refractivity (Wildman–Crippen MR) is 102 cm³/mol. The molecule has 0 unspecified atom stereocenters. The number of nitrogens with zero attached hydrogens (tertiary/aromatic N) is 2. The Morgan fingerprint density at radius 2 is 1.96 bits per heavy atom. The standard InChI is InChI=1S/C21H31N3O2/c1-16(25)24-10-8-23(9-11-24)15-21-5-4-20(26-21)13-17-2-3-18-6-7-22-14-19(18)12-17/h2-3,12,20-22H,4-11,13-15H2,1H3/t20-,21+/m0/s1. The van der Waals surface area contributed by atoms with Gasteiger partial charge in [-0.05, 0) is 48.9 Å². The van der Waals surface area contributed by atoms with Crippen LogP contribution in [0.5, 0.6) is 0 Å². The van der Waals surface area contributed by atoms with E-state index in [1.807, 2.05) is 4.90 Å². The highest BCUT2D eigenvalue weighted by Crippen LogP contribution is 2.25. The van der Waals surface area contributed by atoms with E-state index in [4.69, 9.17) is 4.74 Å². The van der Waals surface area contributed by atoms with E-state index in [0.29, 0.717) is 12.2 Å². The van der Waals surface area contributed by atoms with Crippen molar-refractivity contribution in [1.29, 1.82) is 0 Å². The molecule has 2 atom stereocenters. The number of rotatable bonds is 4. The first-order valence-electron chi connectivity index (χ1n) is 10.1. The molecule has 0 aromatic heterocycles. The Balaban J connectivity index is 1.25. The van der Waals surface area contributed by atoms with Crippen LogP contribution in [-0.4, -0.2) is 67.2 Å². The van der Waals surface area contributed by atoms with E-state index in [1.165, 1.54) is 16.7 Å². The molecule has 3 aliphatic heterocycles. The van der Waals surface area contributed by atoms with Gasteiger partial charge in [-0.1, -0.05) is 18.2 Å². The van der Waals surface area contributed by atoms with Crippen LogP contribution in [0.4, 0.5) is 0 Å². The van der Waals surface area contributed by atoms with Gasteiger partial charge in [-0.3, -0.25) is 9.69 Å². The van der Waals surface area contributed by atoms with Gasteiger partial charge in [-0.2, -0.15) is 0 Å². The molecule has 1 aromatic carbocycles. The Kier molecular flexibility index (Phi) is 5.57. The second kappa shape index (κ2) is 8.07. The first-order chi connectivity index (χ1) is 12.7. The molecule has 2 saturated heterocycles. The summed E-state index contributed by atoms with van der Waals surface area (Å²) < 4.78 is 6.35. The van der Waals surface area contributed by atoms with Gasteiger partial charge in [0, 0.05) is 46.2 Å². The second-order valence-corrected chi connectivity index (χ2v) is 8.00. The van der Waals surface area contributed by atoms with Crippen LogP contribution < -0.4 is 5.32 Å². The maximum Gasteiger partial charge on any atom is 0.219 e. The third-order valence-corrected chi connectivity index (χ3v) is 6.10. The first kappa shape index (κ1) is 18.0. The van der Waals surface area contributed by atoms with Crippen LogP contribution in [0.2, 0.25) is 0 Å². The van der Waals surface area contributed by atoms with Crippen molar-refractivity contribution in [3.8, 4) is 0 Å². The van der Waals surface area contributed by atoms with Gasteiger partial charge in [0.15, 0.2) is 0 Å². The number of amides is 1. The Morgan fingerprint density at radius 1 is 1.15 bits per heavy atom. The van der Waals surface area contributed by atoms with Crippen LogP contribution in [0.3, 0.4) is 0 Å². The monoisotopic (exact) mass is 357 g/mol. The van der Waals surface area contributed by atoms with Crippen LogP contribution in [0, 0.1) is 0 Å². The summed E-state index contributed by atoms with van der Waals surface area (Å²) in [5.41, 5.74) is 4.38. The molecule has 2 fully saturated rings. The lowest BCUT2D eigenvalue weighted by Crippen LogP contribution is -2.49. The van der Waals surface area contributed by atoms with Crippen LogP contribution in [0.15, 0.2) is 18.2 Å². The van der Waals surface area contributed by atoms with Crippen LogP contribution in [0.1, 0.15) is 36.5 Å². The van der Waals surface area contributed by atoms with E-state index >= 15 is 0 Å². The minimum Gasteiger partial charge on any atom is -0.373 e. The summed E-state index contributed by atoms with van der Waals surface area (Å²) in [6, 6.07) is 6.98. The molecule has 3 heterocycles. The van der Waals surface area contributed by atoms with Gasteiger partial charge in [0.1, 0.15) is 0 Å². The lowest BCUT2D eigenvalue weighted by molar-refractivity contribution is -0.130. The van der Waals surface area contributed by atoms with E-state index in [9.17, 15) is 4.79 Å². The molecule has 5 nitrogen and oxygen atoms in total. The fourth-order valence-corrected chi connectivity index (χ4v) is 4.52. The molecule has 4 rings (SSSR count). The Morgan fingerprint density at radius 3 is 2.77 bits per heavy atom. The van der Waals surface area contributed by atoms with Gasteiger partial charge >= 0.3 is 0 Å². The Bertz CT molecular complexity index is 640. The number of piperazine rings is 1. The van der Waals surface area contributed by atoms with E-state index in [0.717, 1.165) is 71.5 Å². The number of fused-ring (bicyclic) bond motifs is 1. The fourth-order valence-electron chi connectivity index (χ4n) is 4.52. The van der Waals surface area contributed by atoms with Crippen LogP contribution >= 0.6 is 0 Å². The molecule has 1 aromatic rings. The second-order valence-electron chi connectivity index (χ2n) is 8.00. The average Bonchev–Trinajstić information content (AvgIpc) is 3.09. The molecule has 0 bridgehead atoms. The van der Waals surface area contributed by atoms with Crippen molar-refractivity contribution < 1.29 is 9.53 Å². The summed E-state index contributed by atoms with van der Waals surface area (Å²) in [6.45, 7) is 8.44. The number of hydrogen-bond donors (Lipinski definition) is 1. The average molecular weight is 357 g/mol. The summed E-state index contributed by atoms with van der Waals surface area (Å²) in [5.74, 6) is 0.196. The first-order valence-corrected chi connectivity index (χ1v) is 10.1. The summed E-state index contributed by atoms with van der Waals surface area (Å²) >= 11 is 0. The maximum absolute atomic E-state index is 11.4. The zero-order chi connectivity index (χ0) is 17.9. The number of carbonyl (C=O) groups excluding carboxylic acids is 1. The smallest absolute Gasteiger partial charge is 0.219 e. The van der Waals surface area contributed by atoms with Crippen molar-refractivity contribution in [1.82, 2.24) is 15.1 Å². The predicted octanol–water partition coefficient (Wildman–Crippen LogP) is 1.59. The molecule has 26 heavy (non-hydrogen) atoms. The zero-order valence-corrected chi connectivity index (χ0v) is 15.9. The van der Waals surface area contributed by atoms with E-state index in [2.05, 4.69) is 28.4 Å². The zero-order valence-electron chi connectivity index (χ0n) is 15.9. The van der Waals surface area contributed by atoms with E-state index < -0.39 is 0 Å². The molecule has 1 amide bonds. The number of nitrogens with one attached hydrogen (secondary N) is 1. The maximum atomic E-state index is 11.4. The molecule has 0 spiro atoms. The quantitative estimate of drug-likeness (QED) is 0.889. The normalized spacial score (nSPS) is 26.7. The van der Waals surface area contributed by atoms with E-state index in [-0.39, 0.29) is 5.91 Å². The van der Waals surface area contributed by atoms with Crippen LogP contribution in [0.25, 0.3) is 0 Å². The van der Waals surface area contributed by atoms with Gasteiger partial charge in [-0.15, -0.1) is 0 Å². The molecule has 0 aliphatic carbocycles. The van der Waals surface area contributed by atoms with Crippen LogP contribution in [-0.2, 0) is 28.9 Å². The van der Waals surface area contributed by atoms with Crippen molar-refractivity contribution in [2.75, 3.05) is 39.3 Å². The molecular weight excluding hydrogens is 326 g/mol. The number of benzene rings is 1. The minimum absolute atomic E-state index is 0.196. The molecule has 0 radical (unpaired) electrons. The SMILES string of the molecule is CC(=O)N1CCN(C[C@H]2CC[C@@H](Cc3ccc4c(c3)CNCC4)O2)CC1. The molecule has 5 heteroatoms. The van der Waals surface area contributed by atoms with Gasteiger partial charge in [-0.25, -0.2) is 0 Å². The molecular formula is C21H31N3O2. The highest BCUT2D eigenvalue weighted by molar-refractivity contribution is 5.73. The number of hydrogen-bond acceptors (Lipinski definition) is 4. The summed E-state index contributed by atoms with van der Waals surface area (Å²) in [7, 11) is 0. The van der Waals surface area contributed by atoms with Crippen molar-refractivity contribution in [2.45, 2.75) is 51.4 Å². The fraction of sp³-hybridized carbons (Fsp3) is 0.667. The molecule has 1 N–H and O–H groups in total. The lowest BCUT2D eigenvalue weighted by Gasteiger charge is -2.35. The van der Waals surface area contributed by atoms with Gasteiger partial charge in [0.05, 0.1) is 12.2 Å². The topological polar surface area (TPSA) is 44.8 Å². The van der Waals surface area contributed by atoms with E-state index in [1.54, 1.807) is 6.92 Å². The minimum atomic E-state index is 0.196. The Hall–Kier alpha value is -1.43. The third kappa shape index (κ3) is 4.27. The van der Waals surface area contributed by atoms with Crippen molar-refractivity contribution in [3.63, 3.8) is 0 Å². The molecule has 3 aliphatic rings.